The van der Waals surface area contributed by atoms with Crippen molar-refractivity contribution >= 4 is 11.3 Å². The highest BCUT2D eigenvalue weighted by Gasteiger charge is 2.23. The van der Waals surface area contributed by atoms with Gasteiger partial charge in [0.1, 0.15) is 0 Å². The standard InChI is InChI=1S/C15H20N2S/c1-15(2,3)12-8-5-4-7-11(12)14(17-16)13-9-6-10-18-13/h4-10,14,17H,16H2,1-3H3. The smallest absolute Gasteiger partial charge is 0.0805 e. The van der Waals surface area contributed by atoms with Crippen LogP contribution < -0.4 is 11.3 Å². The number of rotatable bonds is 3. The maximum absolute atomic E-state index is 5.76. The van der Waals surface area contributed by atoms with E-state index in [9.17, 15) is 0 Å². The molecule has 2 nitrogen and oxygen atoms in total. The fourth-order valence-electron chi connectivity index (χ4n) is 2.21. The first-order valence-electron chi connectivity index (χ1n) is 6.13. The van der Waals surface area contributed by atoms with Gasteiger partial charge >= 0.3 is 0 Å². The zero-order valence-corrected chi connectivity index (χ0v) is 11.9. The molecule has 2 rings (SSSR count). The van der Waals surface area contributed by atoms with Crippen LogP contribution in [-0.2, 0) is 5.41 Å². The number of hydrazine groups is 1. The van der Waals surface area contributed by atoms with Crippen molar-refractivity contribution in [1.29, 1.82) is 0 Å². The Kier molecular flexibility index (Phi) is 3.85. The minimum atomic E-state index is 0.0698. The van der Waals surface area contributed by atoms with Crippen molar-refractivity contribution in [2.45, 2.75) is 32.2 Å². The number of hydrogen-bond donors (Lipinski definition) is 2. The van der Waals surface area contributed by atoms with Crippen LogP contribution in [-0.4, -0.2) is 0 Å². The molecule has 3 heteroatoms. The third kappa shape index (κ3) is 2.64. The van der Waals surface area contributed by atoms with E-state index in [0.29, 0.717) is 0 Å². The maximum atomic E-state index is 5.76. The van der Waals surface area contributed by atoms with Crippen molar-refractivity contribution in [3.05, 3.63) is 57.8 Å². The van der Waals surface area contributed by atoms with Crippen molar-refractivity contribution in [3.8, 4) is 0 Å². The van der Waals surface area contributed by atoms with E-state index in [1.165, 1.54) is 16.0 Å². The summed E-state index contributed by atoms with van der Waals surface area (Å²) in [6.07, 6.45) is 0. The van der Waals surface area contributed by atoms with E-state index >= 15 is 0 Å². The molecule has 0 radical (unpaired) electrons. The van der Waals surface area contributed by atoms with Gasteiger partial charge in [-0.3, -0.25) is 5.84 Å². The molecule has 1 aromatic carbocycles. The van der Waals surface area contributed by atoms with Crippen LogP contribution in [0.5, 0.6) is 0 Å². The fourth-order valence-corrected chi connectivity index (χ4v) is 3.01. The lowest BCUT2D eigenvalue weighted by atomic mass is 9.81. The summed E-state index contributed by atoms with van der Waals surface area (Å²) in [5, 5.41) is 2.08. The molecule has 1 atom stereocenters. The van der Waals surface area contributed by atoms with Crippen LogP contribution in [0.3, 0.4) is 0 Å². The Morgan fingerprint density at radius 3 is 2.39 bits per heavy atom. The van der Waals surface area contributed by atoms with E-state index in [0.717, 1.165) is 0 Å². The van der Waals surface area contributed by atoms with E-state index in [4.69, 9.17) is 5.84 Å². The Morgan fingerprint density at radius 2 is 1.83 bits per heavy atom. The van der Waals surface area contributed by atoms with Crippen LogP contribution in [0.4, 0.5) is 0 Å². The summed E-state index contributed by atoms with van der Waals surface area (Å²) in [6.45, 7) is 6.69. The van der Waals surface area contributed by atoms with E-state index in [-0.39, 0.29) is 11.5 Å². The monoisotopic (exact) mass is 260 g/mol. The second-order valence-corrected chi connectivity index (χ2v) is 6.43. The van der Waals surface area contributed by atoms with Gasteiger partial charge in [0.15, 0.2) is 0 Å². The molecule has 18 heavy (non-hydrogen) atoms. The lowest BCUT2D eigenvalue weighted by Crippen LogP contribution is -2.30. The van der Waals surface area contributed by atoms with Crippen LogP contribution in [0.15, 0.2) is 41.8 Å². The van der Waals surface area contributed by atoms with Crippen LogP contribution in [0, 0.1) is 0 Å². The largest absolute Gasteiger partial charge is 0.271 e. The molecule has 96 valence electrons. The van der Waals surface area contributed by atoms with Crippen molar-refractivity contribution in [1.82, 2.24) is 5.43 Å². The van der Waals surface area contributed by atoms with E-state index in [1.807, 2.05) is 0 Å². The number of hydrogen-bond acceptors (Lipinski definition) is 3. The molecular formula is C15H20N2S. The van der Waals surface area contributed by atoms with Gasteiger partial charge in [0.2, 0.25) is 0 Å². The molecule has 0 aliphatic carbocycles. The molecule has 0 aliphatic rings. The number of nitrogens with two attached hydrogens (primary N) is 1. The Hall–Kier alpha value is -1.16. The highest BCUT2D eigenvalue weighted by molar-refractivity contribution is 7.10. The molecule has 1 heterocycles. The van der Waals surface area contributed by atoms with Crippen LogP contribution in [0.1, 0.15) is 42.8 Å². The molecule has 3 N–H and O–H groups in total. The molecule has 0 saturated carbocycles. The average Bonchev–Trinajstić information content (AvgIpc) is 2.83. The minimum absolute atomic E-state index is 0.0698. The number of thiophene rings is 1. The molecule has 0 amide bonds. The third-order valence-electron chi connectivity index (χ3n) is 3.07. The predicted octanol–water partition coefficient (Wildman–Crippen LogP) is 3.60. The summed E-state index contributed by atoms with van der Waals surface area (Å²) in [6, 6.07) is 12.8. The van der Waals surface area contributed by atoms with Gasteiger partial charge in [-0.15, -0.1) is 11.3 Å². The highest BCUT2D eigenvalue weighted by atomic mass is 32.1. The molecular weight excluding hydrogens is 240 g/mol. The Bertz CT molecular complexity index is 497. The van der Waals surface area contributed by atoms with Gasteiger partial charge in [-0.05, 0) is 28.0 Å². The zero-order valence-electron chi connectivity index (χ0n) is 11.1. The first kappa shape index (κ1) is 13.3. The molecule has 2 aromatic rings. The number of benzene rings is 1. The maximum Gasteiger partial charge on any atom is 0.0805 e. The van der Waals surface area contributed by atoms with Crippen LogP contribution in [0.25, 0.3) is 0 Å². The molecule has 1 aromatic heterocycles. The zero-order chi connectivity index (χ0) is 13.2. The summed E-state index contributed by atoms with van der Waals surface area (Å²) < 4.78 is 0. The molecule has 0 bridgehead atoms. The minimum Gasteiger partial charge on any atom is -0.271 e. The Balaban J connectivity index is 2.50. The van der Waals surface area contributed by atoms with E-state index < -0.39 is 0 Å². The van der Waals surface area contributed by atoms with Gasteiger partial charge in [-0.2, -0.15) is 0 Å². The fraction of sp³-hybridized carbons (Fsp3) is 0.333. The second kappa shape index (κ2) is 5.22. The number of nitrogens with one attached hydrogen (secondary N) is 1. The highest BCUT2D eigenvalue weighted by Crippen LogP contribution is 2.33. The first-order chi connectivity index (χ1) is 8.54. The van der Waals surface area contributed by atoms with Crippen LogP contribution >= 0.6 is 11.3 Å². The molecule has 0 aliphatic heterocycles. The lowest BCUT2D eigenvalue weighted by molar-refractivity contribution is 0.560. The SMILES string of the molecule is CC(C)(C)c1ccccc1C(NN)c1cccs1. The summed E-state index contributed by atoms with van der Waals surface area (Å²) in [5.74, 6) is 5.76. The molecule has 0 spiro atoms. The second-order valence-electron chi connectivity index (χ2n) is 5.45. The average molecular weight is 260 g/mol. The van der Waals surface area contributed by atoms with Crippen molar-refractivity contribution in [2.24, 2.45) is 5.84 Å². The first-order valence-corrected chi connectivity index (χ1v) is 7.01. The molecule has 0 fully saturated rings. The van der Waals surface area contributed by atoms with Gasteiger partial charge in [0, 0.05) is 4.88 Å². The van der Waals surface area contributed by atoms with Gasteiger partial charge in [0.05, 0.1) is 6.04 Å². The van der Waals surface area contributed by atoms with Crippen molar-refractivity contribution in [3.63, 3.8) is 0 Å². The Labute approximate surface area is 113 Å². The van der Waals surface area contributed by atoms with Gasteiger partial charge in [0.25, 0.3) is 0 Å². The summed E-state index contributed by atoms with van der Waals surface area (Å²) in [4.78, 5) is 1.24. The molecule has 0 saturated heterocycles. The van der Waals surface area contributed by atoms with Gasteiger partial charge < -0.3 is 0 Å². The van der Waals surface area contributed by atoms with E-state index in [1.54, 1.807) is 11.3 Å². The summed E-state index contributed by atoms with van der Waals surface area (Å²) in [5.41, 5.74) is 5.65. The van der Waals surface area contributed by atoms with Gasteiger partial charge in [-0.25, -0.2) is 5.43 Å². The summed E-state index contributed by atoms with van der Waals surface area (Å²) >= 11 is 1.73. The topological polar surface area (TPSA) is 38.0 Å². The Morgan fingerprint density at radius 1 is 1.11 bits per heavy atom. The molecule has 1 unspecified atom stereocenters. The quantitative estimate of drug-likeness (QED) is 0.653. The van der Waals surface area contributed by atoms with Gasteiger partial charge in [-0.1, -0.05) is 51.1 Å². The summed E-state index contributed by atoms with van der Waals surface area (Å²) in [7, 11) is 0. The van der Waals surface area contributed by atoms with Crippen LogP contribution in [0.2, 0.25) is 0 Å². The normalized spacial score (nSPS) is 13.6. The third-order valence-corrected chi connectivity index (χ3v) is 4.01. The predicted molar refractivity (Wildman–Crippen MR) is 78.6 cm³/mol. The van der Waals surface area contributed by atoms with Crippen molar-refractivity contribution in [2.75, 3.05) is 0 Å². The lowest BCUT2D eigenvalue weighted by Gasteiger charge is -2.26. The van der Waals surface area contributed by atoms with Crippen molar-refractivity contribution < 1.29 is 0 Å². The van der Waals surface area contributed by atoms with E-state index in [2.05, 4.69) is 68.0 Å².